The Morgan fingerprint density at radius 3 is 2.25 bits per heavy atom. The highest BCUT2D eigenvalue weighted by Gasteiger charge is 2.42. The lowest BCUT2D eigenvalue weighted by molar-refractivity contribution is -0.915. The van der Waals surface area contributed by atoms with Crippen molar-refractivity contribution in [2.24, 2.45) is 0 Å². The third kappa shape index (κ3) is 5.87. The van der Waals surface area contributed by atoms with E-state index < -0.39 is 70.2 Å². The van der Waals surface area contributed by atoms with Gasteiger partial charge in [-0.2, -0.15) is 26.3 Å². The lowest BCUT2D eigenvalue weighted by Crippen LogP contribution is -2.40. The molecular formula is C22H16F8N3O3+. The van der Waals surface area contributed by atoms with Crippen molar-refractivity contribution >= 4 is 5.91 Å². The number of alkyl halides is 6. The number of hydrogen-bond donors (Lipinski definition) is 3. The molecule has 192 valence electrons. The summed E-state index contributed by atoms with van der Waals surface area (Å²) in [4.78, 5) is 16.4. The molecule has 0 aliphatic heterocycles. The van der Waals surface area contributed by atoms with Crippen molar-refractivity contribution in [1.82, 2.24) is 10.3 Å². The highest BCUT2D eigenvalue weighted by molar-refractivity contribution is 5.95. The molecule has 0 radical (unpaired) electrons. The van der Waals surface area contributed by atoms with Crippen LogP contribution in [0.3, 0.4) is 0 Å². The van der Waals surface area contributed by atoms with Crippen molar-refractivity contribution < 1.29 is 55.0 Å². The van der Waals surface area contributed by atoms with Crippen LogP contribution in [0.2, 0.25) is 0 Å². The van der Waals surface area contributed by atoms with Gasteiger partial charge in [0.1, 0.15) is 11.6 Å². The molecule has 0 saturated heterocycles. The summed E-state index contributed by atoms with van der Waals surface area (Å²) in [5, 5.41) is 21.5. The highest BCUT2D eigenvalue weighted by atomic mass is 19.4. The third-order valence-corrected chi connectivity index (χ3v) is 4.99. The predicted molar refractivity (Wildman–Crippen MR) is 105 cm³/mol. The molecule has 3 aromatic rings. The lowest BCUT2D eigenvalue weighted by Gasteiger charge is -2.18. The molecule has 1 unspecified atom stereocenters. The minimum Gasteiger partial charge on any atom is -0.378 e. The molecular weight excluding hydrogens is 506 g/mol. The Morgan fingerprint density at radius 1 is 1.03 bits per heavy atom. The predicted octanol–water partition coefficient (Wildman–Crippen LogP) is 4.66. The van der Waals surface area contributed by atoms with Gasteiger partial charge < -0.3 is 10.4 Å². The zero-order chi connectivity index (χ0) is 27.0. The molecule has 0 fully saturated rings. The van der Waals surface area contributed by atoms with E-state index in [1.54, 1.807) is 0 Å². The van der Waals surface area contributed by atoms with Crippen molar-refractivity contribution in [2.45, 2.75) is 31.4 Å². The maximum atomic E-state index is 14.3. The molecule has 2 heterocycles. The SMILES string of the molecule is C[C@@H](NC(=O)c1cc(-c2ccc(F)cc2F)nc(C(O)C(F)(F)F)c1)c1ccc(C(F)(F)F)[n+](O)c1. The molecule has 0 aliphatic rings. The second-order valence-electron chi connectivity index (χ2n) is 7.62. The van der Waals surface area contributed by atoms with Crippen LogP contribution in [0.15, 0.2) is 48.7 Å². The molecule has 1 amide bonds. The Kier molecular flexibility index (Phi) is 7.20. The quantitative estimate of drug-likeness (QED) is 0.259. The number of aromatic nitrogens is 2. The first-order valence-corrected chi connectivity index (χ1v) is 9.93. The van der Waals surface area contributed by atoms with Crippen molar-refractivity contribution in [2.75, 3.05) is 0 Å². The van der Waals surface area contributed by atoms with Crippen LogP contribution >= 0.6 is 0 Å². The topological polar surface area (TPSA) is 86.3 Å². The van der Waals surface area contributed by atoms with E-state index in [2.05, 4.69) is 10.3 Å². The van der Waals surface area contributed by atoms with Gasteiger partial charge in [-0.05, 0) is 37.3 Å². The van der Waals surface area contributed by atoms with Gasteiger partial charge >= 0.3 is 18.0 Å². The van der Waals surface area contributed by atoms with E-state index in [1.165, 1.54) is 6.92 Å². The standard InChI is InChI=1S/C22H15F8N3O3/c1-10(11-2-5-18(21(25,26)27)33(36)9-11)31-20(35)12-6-16(14-4-3-13(23)8-15(14)24)32-17(7-12)19(34)22(28,29)30/h2-10,19,34H,1H3,(H-,31,35,36)/p+1/t10-,19?/m1/s1. The van der Waals surface area contributed by atoms with Crippen molar-refractivity contribution in [3.05, 3.63) is 82.8 Å². The number of nitrogens with zero attached hydrogens (tertiary/aromatic N) is 2. The zero-order valence-corrected chi connectivity index (χ0v) is 18.0. The van der Waals surface area contributed by atoms with Gasteiger partial charge in [-0.3, -0.25) is 10.0 Å². The van der Waals surface area contributed by atoms with Crippen LogP contribution in [0.1, 0.15) is 46.4 Å². The number of benzene rings is 1. The van der Waals surface area contributed by atoms with Crippen molar-refractivity contribution in [3.63, 3.8) is 0 Å². The summed E-state index contributed by atoms with van der Waals surface area (Å²) in [6.45, 7) is 1.31. The Morgan fingerprint density at radius 2 is 1.69 bits per heavy atom. The first-order valence-electron chi connectivity index (χ1n) is 9.93. The second kappa shape index (κ2) is 9.68. The molecule has 14 heteroatoms. The number of nitrogens with one attached hydrogen (secondary N) is 1. The lowest BCUT2D eigenvalue weighted by atomic mass is 10.0. The van der Waals surface area contributed by atoms with E-state index in [4.69, 9.17) is 0 Å². The molecule has 36 heavy (non-hydrogen) atoms. The molecule has 1 aromatic carbocycles. The molecule has 0 aliphatic carbocycles. The minimum atomic E-state index is -5.19. The molecule has 0 spiro atoms. The number of hydrogen-bond acceptors (Lipinski definition) is 4. The third-order valence-electron chi connectivity index (χ3n) is 4.99. The summed E-state index contributed by atoms with van der Waals surface area (Å²) >= 11 is 0. The van der Waals surface area contributed by atoms with Crippen LogP contribution in [-0.4, -0.2) is 27.4 Å². The summed E-state index contributed by atoms with van der Waals surface area (Å²) < 4.78 is 105. The van der Waals surface area contributed by atoms with Gasteiger partial charge in [0.25, 0.3) is 5.91 Å². The Balaban J connectivity index is 1.99. The molecule has 3 rings (SSSR count). The van der Waals surface area contributed by atoms with Crippen LogP contribution in [0, 0.1) is 11.6 Å². The highest BCUT2D eigenvalue weighted by Crippen LogP contribution is 2.34. The largest absolute Gasteiger partial charge is 0.482 e. The maximum Gasteiger partial charge on any atom is 0.482 e. The Hall–Kier alpha value is -3.81. The van der Waals surface area contributed by atoms with Gasteiger partial charge in [0.15, 0.2) is 6.10 Å². The van der Waals surface area contributed by atoms with E-state index in [-0.39, 0.29) is 10.3 Å². The summed E-state index contributed by atoms with van der Waals surface area (Å²) in [5.41, 5.74) is -3.95. The van der Waals surface area contributed by atoms with E-state index >= 15 is 0 Å². The van der Waals surface area contributed by atoms with E-state index in [0.717, 1.165) is 24.3 Å². The van der Waals surface area contributed by atoms with Crippen LogP contribution in [0.25, 0.3) is 11.3 Å². The Labute approximate surface area is 197 Å². The van der Waals surface area contributed by atoms with E-state index in [0.29, 0.717) is 24.4 Å². The first-order chi connectivity index (χ1) is 16.6. The molecule has 2 atom stereocenters. The van der Waals surface area contributed by atoms with Crippen LogP contribution in [0.4, 0.5) is 35.1 Å². The number of pyridine rings is 2. The molecule has 0 bridgehead atoms. The van der Waals surface area contributed by atoms with Gasteiger partial charge in [-0.1, -0.05) is 0 Å². The molecule has 2 aromatic heterocycles. The van der Waals surface area contributed by atoms with Gasteiger partial charge in [0, 0.05) is 33.6 Å². The van der Waals surface area contributed by atoms with Crippen molar-refractivity contribution in [3.8, 4) is 11.3 Å². The van der Waals surface area contributed by atoms with Crippen molar-refractivity contribution in [1.29, 1.82) is 0 Å². The molecule has 3 N–H and O–H groups in total. The smallest absolute Gasteiger partial charge is 0.378 e. The fraction of sp³-hybridized carbons (Fsp3) is 0.227. The number of amides is 1. The zero-order valence-electron chi connectivity index (χ0n) is 18.0. The fourth-order valence-corrected chi connectivity index (χ4v) is 3.18. The number of carbonyl (C=O) groups is 1. The van der Waals surface area contributed by atoms with Gasteiger partial charge in [-0.25, -0.2) is 13.8 Å². The van der Waals surface area contributed by atoms with E-state index in [1.807, 2.05) is 0 Å². The second-order valence-corrected chi connectivity index (χ2v) is 7.62. The summed E-state index contributed by atoms with van der Waals surface area (Å²) in [7, 11) is 0. The summed E-state index contributed by atoms with van der Waals surface area (Å²) in [5.74, 6) is -3.24. The first kappa shape index (κ1) is 26.8. The number of carbonyl (C=O) groups excluding carboxylic acids is 1. The number of aliphatic hydroxyl groups excluding tert-OH is 1. The van der Waals surface area contributed by atoms with Crippen LogP contribution in [0.5, 0.6) is 0 Å². The van der Waals surface area contributed by atoms with Gasteiger partial charge in [0.2, 0.25) is 6.20 Å². The number of aliphatic hydroxyl groups is 1. The van der Waals surface area contributed by atoms with Crippen LogP contribution in [-0.2, 0) is 6.18 Å². The monoisotopic (exact) mass is 522 g/mol. The Bertz CT molecular complexity index is 1290. The van der Waals surface area contributed by atoms with Crippen LogP contribution < -0.4 is 10.0 Å². The summed E-state index contributed by atoms with van der Waals surface area (Å²) in [6.07, 6.45) is -12.5. The maximum absolute atomic E-state index is 14.3. The minimum absolute atomic E-state index is 0.00624. The van der Waals surface area contributed by atoms with E-state index in [9.17, 15) is 50.2 Å². The van der Waals surface area contributed by atoms with Gasteiger partial charge in [0.05, 0.1) is 17.4 Å². The average molecular weight is 522 g/mol. The number of halogens is 8. The normalized spacial score (nSPS) is 13.8. The average Bonchev–Trinajstić information content (AvgIpc) is 2.76. The summed E-state index contributed by atoms with van der Waals surface area (Å²) in [6, 6.07) is 4.08. The number of rotatable bonds is 5. The van der Waals surface area contributed by atoms with Gasteiger partial charge in [-0.15, -0.1) is 0 Å². The fourth-order valence-electron chi connectivity index (χ4n) is 3.18. The molecule has 0 saturated carbocycles. The molecule has 6 nitrogen and oxygen atoms in total.